The zero-order valence-electron chi connectivity index (χ0n) is 14.3. The summed E-state index contributed by atoms with van der Waals surface area (Å²) in [5, 5.41) is 0.518. The molecule has 0 bridgehead atoms. The molecule has 1 saturated heterocycles. The fraction of sp³-hybridized carbons (Fsp3) is 0.350. The zero-order chi connectivity index (χ0) is 17.6. The van der Waals surface area contributed by atoms with E-state index in [9.17, 15) is 4.79 Å². The van der Waals surface area contributed by atoms with Gasteiger partial charge in [-0.25, -0.2) is 0 Å². The van der Waals surface area contributed by atoms with Gasteiger partial charge in [0, 0.05) is 12.6 Å². The number of carbonyl (C=O) groups excluding carboxylic acids is 1. The second-order valence-electron chi connectivity index (χ2n) is 6.16. The monoisotopic (exact) mass is 359 g/mol. The predicted molar refractivity (Wildman–Crippen MR) is 98.4 cm³/mol. The molecule has 0 radical (unpaired) electrons. The average Bonchev–Trinajstić information content (AvgIpc) is 3.09. The molecule has 3 rings (SSSR count). The molecule has 0 spiro atoms. The lowest BCUT2D eigenvalue weighted by Gasteiger charge is -2.25. The third kappa shape index (κ3) is 4.45. The summed E-state index contributed by atoms with van der Waals surface area (Å²) in [5.74, 6) is 1.39. The maximum Gasteiger partial charge on any atom is 0.260 e. The van der Waals surface area contributed by atoms with Gasteiger partial charge in [-0.05, 0) is 49.1 Å². The van der Waals surface area contributed by atoms with Crippen LogP contribution >= 0.6 is 11.6 Å². The molecule has 1 aliphatic heterocycles. The Balaban J connectivity index is 1.60. The Bertz CT molecular complexity index is 734. The lowest BCUT2D eigenvalue weighted by molar-refractivity contribution is -0.134. The van der Waals surface area contributed by atoms with E-state index in [0.29, 0.717) is 10.8 Å². The van der Waals surface area contributed by atoms with E-state index in [1.807, 2.05) is 35.2 Å². The number of para-hydroxylation sites is 1. The van der Waals surface area contributed by atoms with Crippen molar-refractivity contribution in [3.63, 3.8) is 0 Å². The number of halogens is 1. The van der Waals surface area contributed by atoms with Gasteiger partial charge in [-0.1, -0.05) is 35.9 Å². The van der Waals surface area contributed by atoms with Gasteiger partial charge in [0.1, 0.15) is 11.5 Å². The Morgan fingerprint density at radius 2 is 2.08 bits per heavy atom. The topological polar surface area (TPSA) is 38.8 Å². The van der Waals surface area contributed by atoms with E-state index in [1.54, 1.807) is 19.2 Å². The molecular weight excluding hydrogens is 338 g/mol. The molecule has 0 aliphatic carbocycles. The molecule has 1 atom stereocenters. The Morgan fingerprint density at radius 3 is 2.88 bits per heavy atom. The number of methoxy groups -OCH3 is 1. The third-order valence-electron chi connectivity index (χ3n) is 4.49. The second kappa shape index (κ2) is 8.26. The highest BCUT2D eigenvalue weighted by atomic mass is 35.5. The summed E-state index contributed by atoms with van der Waals surface area (Å²) in [7, 11) is 1.66. The Kier molecular flexibility index (Phi) is 5.82. The van der Waals surface area contributed by atoms with Gasteiger partial charge in [-0.3, -0.25) is 4.79 Å². The minimum absolute atomic E-state index is 0.00492. The maximum absolute atomic E-state index is 12.6. The van der Waals surface area contributed by atoms with Crippen molar-refractivity contribution >= 4 is 17.5 Å². The highest BCUT2D eigenvalue weighted by molar-refractivity contribution is 6.32. The van der Waals surface area contributed by atoms with Gasteiger partial charge < -0.3 is 14.4 Å². The molecule has 0 saturated carbocycles. The zero-order valence-corrected chi connectivity index (χ0v) is 15.0. The van der Waals surface area contributed by atoms with Gasteiger partial charge >= 0.3 is 0 Å². The molecule has 1 amide bonds. The highest BCUT2D eigenvalue weighted by Gasteiger charge is 2.29. The molecule has 2 aromatic carbocycles. The largest absolute Gasteiger partial charge is 0.497 e. The number of ether oxygens (including phenoxy) is 2. The molecular formula is C20H22ClNO3. The smallest absolute Gasteiger partial charge is 0.260 e. The number of hydrogen-bond acceptors (Lipinski definition) is 3. The molecule has 25 heavy (non-hydrogen) atoms. The standard InChI is InChI=1S/C20H22ClNO3/c1-24-17-8-4-6-15(13-17)12-16-7-5-11-22(16)20(23)14-25-19-10-3-2-9-18(19)21/h2-4,6,8-10,13,16H,5,7,11-12,14H2,1H3. The first-order valence-corrected chi connectivity index (χ1v) is 8.85. The van der Waals surface area contributed by atoms with Crippen molar-refractivity contribution in [3.8, 4) is 11.5 Å². The van der Waals surface area contributed by atoms with Crippen molar-refractivity contribution < 1.29 is 14.3 Å². The number of benzene rings is 2. The number of nitrogens with zero attached hydrogens (tertiary/aromatic N) is 1. The van der Waals surface area contributed by atoms with E-state index in [1.165, 1.54) is 5.56 Å². The minimum Gasteiger partial charge on any atom is -0.497 e. The summed E-state index contributed by atoms with van der Waals surface area (Å²) < 4.78 is 10.9. The van der Waals surface area contributed by atoms with E-state index in [-0.39, 0.29) is 18.6 Å². The Hall–Kier alpha value is -2.20. The number of hydrogen-bond donors (Lipinski definition) is 0. The number of carbonyl (C=O) groups is 1. The van der Waals surface area contributed by atoms with Gasteiger partial charge in [0.15, 0.2) is 6.61 Å². The molecule has 2 aromatic rings. The lowest BCUT2D eigenvalue weighted by Crippen LogP contribution is -2.39. The summed E-state index contributed by atoms with van der Waals surface area (Å²) in [4.78, 5) is 14.5. The van der Waals surface area contributed by atoms with Crippen LogP contribution in [0.4, 0.5) is 0 Å². The van der Waals surface area contributed by atoms with Crippen LogP contribution in [-0.4, -0.2) is 37.1 Å². The molecule has 1 unspecified atom stereocenters. The van der Waals surface area contributed by atoms with E-state index >= 15 is 0 Å². The van der Waals surface area contributed by atoms with Gasteiger partial charge in [0.05, 0.1) is 12.1 Å². The van der Waals surface area contributed by atoms with E-state index in [0.717, 1.165) is 31.6 Å². The van der Waals surface area contributed by atoms with Crippen LogP contribution in [-0.2, 0) is 11.2 Å². The molecule has 1 aliphatic rings. The Labute approximate surface area is 153 Å². The maximum atomic E-state index is 12.6. The van der Waals surface area contributed by atoms with Gasteiger partial charge in [-0.2, -0.15) is 0 Å². The van der Waals surface area contributed by atoms with Crippen molar-refractivity contribution in [2.45, 2.75) is 25.3 Å². The van der Waals surface area contributed by atoms with Gasteiger partial charge in [0.2, 0.25) is 0 Å². The molecule has 132 valence electrons. The SMILES string of the molecule is COc1cccc(CC2CCCN2C(=O)COc2ccccc2Cl)c1. The summed E-state index contributed by atoms with van der Waals surface area (Å²) in [6, 6.07) is 15.4. The molecule has 0 aromatic heterocycles. The van der Waals surface area contributed by atoms with E-state index < -0.39 is 0 Å². The normalized spacial score (nSPS) is 16.7. The second-order valence-corrected chi connectivity index (χ2v) is 6.57. The molecule has 1 fully saturated rings. The van der Waals surface area contributed by atoms with Crippen LogP contribution in [0.1, 0.15) is 18.4 Å². The number of amides is 1. The van der Waals surface area contributed by atoms with Crippen LogP contribution in [0, 0.1) is 0 Å². The average molecular weight is 360 g/mol. The lowest BCUT2D eigenvalue weighted by atomic mass is 10.0. The van der Waals surface area contributed by atoms with E-state index in [2.05, 4.69) is 6.07 Å². The van der Waals surface area contributed by atoms with Crippen molar-refractivity contribution in [2.24, 2.45) is 0 Å². The summed E-state index contributed by atoms with van der Waals surface area (Å²) in [6.45, 7) is 0.789. The first-order valence-electron chi connectivity index (χ1n) is 8.47. The molecule has 1 heterocycles. The molecule has 4 nitrogen and oxygen atoms in total. The number of rotatable bonds is 6. The quantitative estimate of drug-likeness (QED) is 0.783. The molecule has 5 heteroatoms. The van der Waals surface area contributed by atoms with Crippen molar-refractivity contribution in [1.82, 2.24) is 4.90 Å². The van der Waals surface area contributed by atoms with Crippen LogP contribution in [0.15, 0.2) is 48.5 Å². The fourth-order valence-electron chi connectivity index (χ4n) is 3.23. The van der Waals surface area contributed by atoms with Crippen LogP contribution in [0.3, 0.4) is 0 Å². The highest BCUT2D eigenvalue weighted by Crippen LogP contribution is 2.25. The van der Waals surface area contributed by atoms with Crippen LogP contribution in [0.2, 0.25) is 5.02 Å². The van der Waals surface area contributed by atoms with E-state index in [4.69, 9.17) is 21.1 Å². The summed E-state index contributed by atoms with van der Waals surface area (Å²) in [5.41, 5.74) is 1.18. The van der Waals surface area contributed by atoms with Crippen molar-refractivity contribution in [3.05, 3.63) is 59.1 Å². The van der Waals surface area contributed by atoms with Crippen molar-refractivity contribution in [1.29, 1.82) is 0 Å². The minimum atomic E-state index is 0.00492. The van der Waals surface area contributed by atoms with Crippen LogP contribution < -0.4 is 9.47 Å². The third-order valence-corrected chi connectivity index (χ3v) is 4.80. The number of likely N-dealkylation sites (tertiary alicyclic amines) is 1. The first-order chi connectivity index (χ1) is 12.2. The summed E-state index contributed by atoms with van der Waals surface area (Å²) in [6.07, 6.45) is 2.86. The predicted octanol–water partition coefficient (Wildman–Crippen LogP) is 3.96. The van der Waals surface area contributed by atoms with Gasteiger partial charge in [-0.15, -0.1) is 0 Å². The van der Waals surface area contributed by atoms with Crippen molar-refractivity contribution in [2.75, 3.05) is 20.3 Å². The molecule has 0 N–H and O–H groups in total. The summed E-state index contributed by atoms with van der Waals surface area (Å²) >= 11 is 6.07. The van der Waals surface area contributed by atoms with Crippen LogP contribution in [0.25, 0.3) is 0 Å². The first kappa shape index (κ1) is 17.6. The van der Waals surface area contributed by atoms with Crippen LogP contribution in [0.5, 0.6) is 11.5 Å². The Morgan fingerprint density at radius 1 is 1.24 bits per heavy atom. The fourth-order valence-corrected chi connectivity index (χ4v) is 3.42. The van der Waals surface area contributed by atoms with Gasteiger partial charge in [0.25, 0.3) is 5.91 Å².